The molecule has 94 valence electrons. The first-order valence-corrected chi connectivity index (χ1v) is 6.90. The standard InChI is InChI=1S/C14H21NOS/c1-10(2)11(3)15-14(16)12(4)17-13-8-6-5-7-9-13/h5-12H,1-4H3,(H,15,16)/t11-,12-/m1/s1. The van der Waals surface area contributed by atoms with Gasteiger partial charge in [0.15, 0.2) is 0 Å². The molecule has 0 spiro atoms. The highest BCUT2D eigenvalue weighted by Crippen LogP contribution is 2.22. The van der Waals surface area contributed by atoms with Crippen LogP contribution < -0.4 is 5.32 Å². The molecule has 1 amide bonds. The Kier molecular flexibility index (Phi) is 5.56. The van der Waals surface area contributed by atoms with Crippen LogP contribution in [0.1, 0.15) is 27.7 Å². The molecule has 1 aromatic carbocycles. The van der Waals surface area contributed by atoms with Crippen LogP contribution in [-0.4, -0.2) is 17.2 Å². The fourth-order valence-corrected chi connectivity index (χ4v) is 2.16. The third-order valence-corrected chi connectivity index (χ3v) is 3.91. The molecule has 0 bridgehead atoms. The van der Waals surface area contributed by atoms with Gasteiger partial charge in [-0.3, -0.25) is 4.79 Å². The molecule has 0 radical (unpaired) electrons. The van der Waals surface area contributed by atoms with Crippen molar-refractivity contribution in [1.82, 2.24) is 5.32 Å². The lowest BCUT2D eigenvalue weighted by molar-refractivity contribution is -0.121. The van der Waals surface area contributed by atoms with Gasteiger partial charge in [0.2, 0.25) is 5.91 Å². The molecule has 0 aliphatic carbocycles. The predicted molar refractivity (Wildman–Crippen MR) is 74.2 cm³/mol. The molecule has 0 saturated heterocycles. The molecule has 0 aliphatic heterocycles. The summed E-state index contributed by atoms with van der Waals surface area (Å²) in [5, 5.41) is 2.98. The second-order valence-electron chi connectivity index (χ2n) is 4.61. The summed E-state index contributed by atoms with van der Waals surface area (Å²) in [5.41, 5.74) is 0. The van der Waals surface area contributed by atoms with E-state index >= 15 is 0 Å². The van der Waals surface area contributed by atoms with E-state index in [2.05, 4.69) is 19.2 Å². The van der Waals surface area contributed by atoms with E-state index in [4.69, 9.17) is 0 Å². The van der Waals surface area contributed by atoms with E-state index in [0.29, 0.717) is 5.92 Å². The minimum Gasteiger partial charge on any atom is -0.352 e. The first-order valence-electron chi connectivity index (χ1n) is 6.02. The topological polar surface area (TPSA) is 29.1 Å². The van der Waals surface area contributed by atoms with Crippen LogP contribution in [0.5, 0.6) is 0 Å². The molecule has 0 heterocycles. The summed E-state index contributed by atoms with van der Waals surface area (Å²) >= 11 is 1.59. The van der Waals surface area contributed by atoms with Gasteiger partial charge in [-0.25, -0.2) is 0 Å². The predicted octanol–water partition coefficient (Wildman–Crippen LogP) is 3.33. The molecular weight excluding hydrogens is 230 g/mol. The normalized spacial score (nSPS) is 14.4. The Labute approximate surface area is 108 Å². The van der Waals surface area contributed by atoms with Gasteiger partial charge in [-0.2, -0.15) is 0 Å². The van der Waals surface area contributed by atoms with Crippen molar-refractivity contribution < 1.29 is 4.79 Å². The molecule has 1 rings (SSSR count). The molecule has 1 aromatic rings. The minimum absolute atomic E-state index is 0.0569. The van der Waals surface area contributed by atoms with Crippen molar-refractivity contribution in [3.63, 3.8) is 0 Å². The smallest absolute Gasteiger partial charge is 0.233 e. The molecule has 3 heteroatoms. The lowest BCUT2D eigenvalue weighted by atomic mass is 10.1. The molecule has 1 N–H and O–H groups in total. The minimum atomic E-state index is -0.0569. The van der Waals surface area contributed by atoms with Crippen LogP contribution in [0.3, 0.4) is 0 Å². The molecule has 17 heavy (non-hydrogen) atoms. The summed E-state index contributed by atoms with van der Waals surface area (Å²) in [4.78, 5) is 13.1. The van der Waals surface area contributed by atoms with Gasteiger partial charge in [0, 0.05) is 10.9 Å². The quantitative estimate of drug-likeness (QED) is 0.813. The summed E-state index contributed by atoms with van der Waals surface area (Å²) in [5.74, 6) is 0.577. The second-order valence-corrected chi connectivity index (χ2v) is 6.03. The highest BCUT2D eigenvalue weighted by atomic mass is 32.2. The zero-order chi connectivity index (χ0) is 12.8. The van der Waals surface area contributed by atoms with Gasteiger partial charge in [0.05, 0.1) is 5.25 Å². The maximum Gasteiger partial charge on any atom is 0.233 e. The Morgan fingerprint density at radius 3 is 2.24 bits per heavy atom. The van der Waals surface area contributed by atoms with Gasteiger partial charge in [0.1, 0.15) is 0 Å². The number of benzene rings is 1. The first kappa shape index (κ1) is 14.1. The lowest BCUT2D eigenvalue weighted by Gasteiger charge is -2.20. The van der Waals surface area contributed by atoms with E-state index in [1.54, 1.807) is 11.8 Å². The number of carbonyl (C=O) groups excluding carboxylic acids is 1. The number of carbonyl (C=O) groups is 1. The van der Waals surface area contributed by atoms with E-state index in [1.165, 1.54) is 0 Å². The summed E-state index contributed by atoms with van der Waals surface area (Å²) < 4.78 is 0. The number of hydrogen-bond acceptors (Lipinski definition) is 2. The molecule has 2 atom stereocenters. The van der Waals surface area contributed by atoms with Crippen LogP contribution in [-0.2, 0) is 4.79 Å². The highest BCUT2D eigenvalue weighted by molar-refractivity contribution is 8.00. The third kappa shape index (κ3) is 4.82. The number of thioether (sulfide) groups is 1. The monoisotopic (exact) mass is 251 g/mol. The van der Waals surface area contributed by atoms with Gasteiger partial charge in [-0.1, -0.05) is 32.0 Å². The van der Waals surface area contributed by atoms with Crippen molar-refractivity contribution in [3.8, 4) is 0 Å². The zero-order valence-corrected chi connectivity index (χ0v) is 11.8. The van der Waals surface area contributed by atoms with Crippen LogP contribution in [0.4, 0.5) is 0 Å². The fourth-order valence-electron chi connectivity index (χ4n) is 1.27. The number of amides is 1. The van der Waals surface area contributed by atoms with Crippen molar-refractivity contribution in [2.75, 3.05) is 0 Å². The van der Waals surface area contributed by atoms with Gasteiger partial charge >= 0.3 is 0 Å². The molecule has 0 unspecified atom stereocenters. The van der Waals surface area contributed by atoms with Crippen molar-refractivity contribution in [3.05, 3.63) is 30.3 Å². The summed E-state index contributed by atoms with van der Waals surface area (Å²) in [6.45, 7) is 8.21. The Morgan fingerprint density at radius 1 is 1.12 bits per heavy atom. The molecule has 0 aromatic heterocycles. The highest BCUT2D eigenvalue weighted by Gasteiger charge is 2.17. The number of nitrogens with one attached hydrogen (secondary N) is 1. The number of hydrogen-bond donors (Lipinski definition) is 1. The largest absolute Gasteiger partial charge is 0.352 e. The SMILES string of the molecule is CC(C)[C@@H](C)NC(=O)[C@@H](C)Sc1ccccc1. The van der Waals surface area contributed by atoms with Gasteiger partial charge < -0.3 is 5.32 Å². The van der Waals surface area contributed by atoms with Gasteiger partial charge in [-0.05, 0) is 31.9 Å². The first-order chi connectivity index (χ1) is 8.00. The van der Waals surface area contributed by atoms with E-state index in [9.17, 15) is 4.79 Å². The van der Waals surface area contributed by atoms with E-state index < -0.39 is 0 Å². The Morgan fingerprint density at radius 2 is 1.71 bits per heavy atom. The molecule has 0 saturated carbocycles. The van der Waals surface area contributed by atoms with Crippen LogP contribution in [0.25, 0.3) is 0 Å². The molecule has 0 aliphatic rings. The average molecular weight is 251 g/mol. The zero-order valence-electron chi connectivity index (χ0n) is 10.9. The Balaban J connectivity index is 2.48. The van der Waals surface area contributed by atoms with E-state index in [0.717, 1.165) is 4.90 Å². The van der Waals surface area contributed by atoms with Crippen molar-refractivity contribution >= 4 is 17.7 Å². The van der Waals surface area contributed by atoms with Crippen LogP contribution in [0.2, 0.25) is 0 Å². The second kappa shape index (κ2) is 6.70. The maximum absolute atomic E-state index is 11.9. The van der Waals surface area contributed by atoms with Crippen LogP contribution >= 0.6 is 11.8 Å². The van der Waals surface area contributed by atoms with Crippen molar-refractivity contribution in [1.29, 1.82) is 0 Å². The van der Waals surface area contributed by atoms with Gasteiger partial charge in [-0.15, -0.1) is 11.8 Å². The Hall–Kier alpha value is -0.960. The third-order valence-electron chi connectivity index (χ3n) is 2.80. The van der Waals surface area contributed by atoms with Gasteiger partial charge in [0.25, 0.3) is 0 Å². The summed E-state index contributed by atoms with van der Waals surface area (Å²) in [7, 11) is 0. The number of rotatable bonds is 5. The summed E-state index contributed by atoms with van der Waals surface area (Å²) in [6.07, 6.45) is 0. The van der Waals surface area contributed by atoms with E-state index in [1.807, 2.05) is 44.2 Å². The average Bonchev–Trinajstić information content (AvgIpc) is 2.29. The van der Waals surface area contributed by atoms with Crippen LogP contribution in [0.15, 0.2) is 35.2 Å². The summed E-state index contributed by atoms with van der Waals surface area (Å²) in [6, 6.07) is 10.2. The van der Waals surface area contributed by atoms with Crippen molar-refractivity contribution in [2.45, 2.75) is 43.9 Å². The maximum atomic E-state index is 11.9. The lowest BCUT2D eigenvalue weighted by Crippen LogP contribution is -2.40. The van der Waals surface area contributed by atoms with Crippen molar-refractivity contribution in [2.24, 2.45) is 5.92 Å². The Bertz CT molecular complexity index is 350. The molecule has 2 nitrogen and oxygen atoms in total. The van der Waals surface area contributed by atoms with Crippen LogP contribution in [0, 0.1) is 5.92 Å². The molecule has 0 fully saturated rings. The fraction of sp³-hybridized carbons (Fsp3) is 0.500. The molecular formula is C14H21NOS. The van der Waals surface area contributed by atoms with E-state index in [-0.39, 0.29) is 17.2 Å².